The summed E-state index contributed by atoms with van der Waals surface area (Å²) in [5.41, 5.74) is 0. The molecule has 17 heavy (non-hydrogen) atoms. The number of nitrogens with zero attached hydrogens (tertiary/aromatic N) is 4. The van der Waals surface area contributed by atoms with Gasteiger partial charge in [0.25, 0.3) is 0 Å². The maximum Gasteiger partial charge on any atom is 0.210 e. The van der Waals surface area contributed by atoms with Gasteiger partial charge in [-0.05, 0) is 35.4 Å². The molecule has 0 N–H and O–H groups in total. The van der Waals surface area contributed by atoms with E-state index in [1.54, 1.807) is 12.1 Å². The number of carbonyl (C=O) groups excluding carboxylic acids is 1. The Hall–Kier alpha value is -1.63. The molecule has 1 aliphatic carbocycles. The van der Waals surface area contributed by atoms with E-state index in [1.807, 2.05) is 4.68 Å². The van der Waals surface area contributed by atoms with Crippen LogP contribution in [-0.2, 0) is 5.75 Å². The van der Waals surface area contributed by atoms with Gasteiger partial charge >= 0.3 is 0 Å². The highest BCUT2D eigenvalue weighted by molar-refractivity contribution is 7.98. The number of hydrogen-bond donors (Lipinski definition) is 0. The topological polar surface area (TPSA) is 73.8 Å². The highest BCUT2D eigenvalue weighted by atomic mass is 32.2. The van der Waals surface area contributed by atoms with E-state index in [-0.39, 0.29) is 0 Å². The molecule has 0 unspecified atom stereocenters. The summed E-state index contributed by atoms with van der Waals surface area (Å²) in [6.45, 7) is 0. The van der Waals surface area contributed by atoms with Crippen LogP contribution in [0.2, 0.25) is 0 Å². The van der Waals surface area contributed by atoms with E-state index in [4.69, 9.17) is 4.42 Å². The Bertz CT molecular complexity index is 532. The molecule has 0 amide bonds. The lowest BCUT2D eigenvalue weighted by molar-refractivity contribution is 0.109. The van der Waals surface area contributed by atoms with Crippen LogP contribution in [0.1, 0.15) is 35.2 Å². The minimum atomic E-state index is 0.349. The molecule has 1 aliphatic rings. The Balaban J connectivity index is 1.66. The van der Waals surface area contributed by atoms with Gasteiger partial charge in [0.15, 0.2) is 12.0 Å². The Kier molecular flexibility index (Phi) is 2.68. The summed E-state index contributed by atoms with van der Waals surface area (Å²) in [6.07, 6.45) is 2.99. The van der Waals surface area contributed by atoms with E-state index >= 15 is 0 Å². The minimum Gasteiger partial charge on any atom is -0.457 e. The van der Waals surface area contributed by atoms with Crippen molar-refractivity contribution in [3.63, 3.8) is 0 Å². The van der Waals surface area contributed by atoms with E-state index in [9.17, 15) is 4.79 Å². The first-order valence-corrected chi connectivity index (χ1v) is 6.30. The maximum atomic E-state index is 10.5. The van der Waals surface area contributed by atoms with Crippen molar-refractivity contribution < 1.29 is 9.21 Å². The van der Waals surface area contributed by atoms with Gasteiger partial charge in [-0.15, -0.1) is 5.10 Å². The van der Waals surface area contributed by atoms with Crippen LogP contribution in [-0.4, -0.2) is 26.5 Å². The van der Waals surface area contributed by atoms with Crippen LogP contribution < -0.4 is 0 Å². The number of aromatic nitrogens is 4. The standard InChI is InChI=1S/C10H10N4O2S/c15-5-8-3-4-9(16-8)6-17-10-11-12-13-14(10)7-1-2-7/h3-5,7H,1-2,6H2. The van der Waals surface area contributed by atoms with Crippen LogP contribution in [0, 0.1) is 0 Å². The molecule has 0 bridgehead atoms. The molecule has 2 aromatic rings. The molecule has 0 aromatic carbocycles. The molecule has 0 aliphatic heterocycles. The zero-order valence-corrected chi connectivity index (χ0v) is 9.76. The van der Waals surface area contributed by atoms with Crippen molar-refractivity contribution in [1.29, 1.82) is 0 Å². The summed E-state index contributed by atoms with van der Waals surface area (Å²) in [5, 5.41) is 12.4. The third kappa shape index (κ3) is 2.23. The van der Waals surface area contributed by atoms with Gasteiger partial charge in [0, 0.05) is 0 Å². The fourth-order valence-corrected chi connectivity index (χ4v) is 2.34. The van der Waals surface area contributed by atoms with Crippen molar-refractivity contribution in [2.75, 3.05) is 0 Å². The summed E-state index contributed by atoms with van der Waals surface area (Å²) in [7, 11) is 0. The SMILES string of the molecule is O=Cc1ccc(CSc2nnnn2C2CC2)o1. The summed E-state index contributed by atoms with van der Waals surface area (Å²) in [5.74, 6) is 1.73. The third-order valence-electron chi connectivity index (χ3n) is 2.50. The molecule has 88 valence electrons. The molecule has 1 fully saturated rings. The Morgan fingerprint density at radius 3 is 3.12 bits per heavy atom. The number of aldehydes is 1. The van der Waals surface area contributed by atoms with Crippen LogP contribution in [0.3, 0.4) is 0 Å². The number of carbonyl (C=O) groups is 1. The van der Waals surface area contributed by atoms with E-state index in [0.29, 0.717) is 23.8 Å². The highest BCUT2D eigenvalue weighted by Crippen LogP contribution is 2.36. The summed E-state index contributed by atoms with van der Waals surface area (Å²) in [6, 6.07) is 3.92. The van der Waals surface area contributed by atoms with Crippen molar-refractivity contribution in [3.05, 3.63) is 23.7 Å². The van der Waals surface area contributed by atoms with Gasteiger partial charge in [0.2, 0.25) is 5.16 Å². The molecule has 6 nitrogen and oxygen atoms in total. The van der Waals surface area contributed by atoms with Crippen molar-refractivity contribution in [2.45, 2.75) is 29.8 Å². The van der Waals surface area contributed by atoms with E-state index in [2.05, 4.69) is 15.5 Å². The Morgan fingerprint density at radius 2 is 2.41 bits per heavy atom. The second kappa shape index (κ2) is 4.33. The van der Waals surface area contributed by atoms with Gasteiger partial charge in [-0.25, -0.2) is 4.68 Å². The molecule has 2 aromatic heterocycles. The fourth-order valence-electron chi connectivity index (χ4n) is 1.50. The summed E-state index contributed by atoms with van der Waals surface area (Å²) < 4.78 is 7.14. The summed E-state index contributed by atoms with van der Waals surface area (Å²) >= 11 is 1.52. The molecular formula is C10H10N4O2S. The fraction of sp³-hybridized carbons (Fsp3) is 0.400. The largest absolute Gasteiger partial charge is 0.457 e. The van der Waals surface area contributed by atoms with Gasteiger partial charge in [0.1, 0.15) is 5.76 Å². The first-order chi connectivity index (χ1) is 8.36. The van der Waals surface area contributed by atoms with Gasteiger partial charge < -0.3 is 4.42 Å². The van der Waals surface area contributed by atoms with Crippen molar-refractivity contribution in [3.8, 4) is 0 Å². The molecule has 0 radical (unpaired) electrons. The van der Waals surface area contributed by atoms with Crippen LogP contribution in [0.25, 0.3) is 0 Å². The van der Waals surface area contributed by atoms with Crippen LogP contribution in [0.15, 0.2) is 21.7 Å². The monoisotopic (exact) mass is 250 g/mol. The predicted molar refractivity (Wildman–Crippen MR) is 59.7 cm³/mol. The average molecular weight is 250 g/mol. The molecule has 0 saturated heterocycles. The molecule has 0 spiro atoms. The normalized spacial score (nSPS) is 15.1. The lowest BCUT2D eigenvalue weighted by Gasteiger charge is -1.99. The maximum absolute atomic E-state index is 10.5. The zero-order chi connectivity index (χ0) is 11.7. The number of hydrogen-bond acceptors (Lipinski definition) is 6. The number of rotatable bonds is 5. The van der Waals surface area contributed by atoms with Crippen molar-refractivity contribution >= 4 is 18.0 Å². The van der Waals surface area contributed by atoms with E-state index in [0.717, 1.165) is 23.8 Å². The number of tetrazole rings is 1. The quantitative estimate of drug-likeness (QED) is 0.594. The minimum absolute atomic E-state index is 0.349. The summed E-state index contributed by atoms with van der Waals surface area (Å²) in [4.78, 5) is 10.5. The van der Waals surface area contributed by atoms with Crippen molar-refractivity contribution in [2.24, 2.45) is 0 Å². The molecule has 2 heterocycles. The molecule has 3 rings (SSSR count). The van der Waals surface area contributed by atoms with Crippen LogP contribution in [0.5, 0.6) is 0 Å². The van der Waals surface area contributed by atoms with Gasteiger partial charge in [-0.3, -0.25) is 4.79 Å². The smallest absolute Gasteiger partial charge is 0.210 e. The Morgan fingerprint density at radius 1 is 1.53 bits per heavy atom. The number of furan rings is 1. The van der Waals surface area contributed by atoms with E-state index in [1.165, 1.54) is 11.8 Å². The van der Waals surface area contributed by atoms with Gasteiger partial charge in [-0.1, -0.05) is 11.8 Å². The average Bonchev–Trinajstić information content (AvgIpc) is 2.93. The third-order valence-corrected chi connectivity index (χ3v) is 3.45. The van der Waals surface area contributed by atoms with Crippen LogP contribution in [0.4, 0.5) is 0 Å². The van der Waals surface area contributed by atoms with Crippen LogP contribution >= 0.6 is 11.8 Å². The zero-order valence-electron chi connectivity index (χ0n) is 8.94. The predicted octanol–water partition coefficient (Wildman–Crippen LogP) is 1.71. The lowest BCUT2D eigenvalue weighted by Crippen LogP contribution is -1.98. The first-order valence-electron chi connectivity index (χ1n) is 5.31. The number of thioether (sulfide) groups is 1. The van der Waals surface area contributed by atoms with Gasteiger partial charge in [-0.2, -0.15) is 0 Å². The molecule has 7 heteroatoms. The highest BCUT2D eigenvalue weighted by Gasteiger charge is 2.27. The Labute approximate surface area is 101 Å². The second-order valence-electron chi connectivity index (χ2n) is 3.85. The van der Waals surface area contributed by atoms with Gasteiger partial charge in [0.05, 0.1) is 11.8 Å². The van der Waals surface area contributed by atoms with E-state index < -0.39 is 0 Å². The second-order valence-corrected chi connectivity index (χ2v) is 4.79. The molecular weight excluding hydrogens is 240 g/mol. The molecule has 0 atom stereocenters. The first kappa shape index (κ1) is 10.5. The molecule has 1 saturated carbocycles. The van der Waals surface area contributed by atoms with Crippen molar-refractivity contribution in [1.82, 2.24) is 20.2 Å². The lowest BCUT2D eigenvalue weighted by atomic mass is 10.4.